The number of methoxy groups -OCH3 is 1. The van der Waals surface area contributed by atoms with Crippen LogP contribution in [0.2, 0.25) is 0 Å². The number of rotatable bonds is 9. The third-order valence-electron chi connectivity index (χ3n) is 2.54. The summed E-state index contributed by atoms with van der Waals surface area (Å²) in [6, 6.07) is 0. The molecule has 0 rings (SSSR count). The molecule has 0 radical (unpaired) electrons. The van der Waals surface area contributed by atoms with E-state index in [1.807, 2.05) is 11.8 Å². The quantitative estimate of drug-likeness (QED) is 0.605. The van der Waals surface area contributed by atoms with Crippen LogP contribution < -0.4 is 0 Å². The summed E-state index contributed by atoms with van der Waals surface area (Å²) in [6.45, 7) is 7.60. The zero-order valence-electron chi connectivity index (χ0n) is 11.9. The lowest BCUT2D eigenvalue weighted by Crippen LogP contribution is -2.34. The Hall–Kier alpha value is -0.710. The van der Waals surface area contributed by atoms with Gasteiger partial charge in [0.05, 0.1) is 18.8 Å². The van der Waals surface area contributed by atoms with Gasteiger partial charge in [-0.25, -0.2) is 0 Å². The number of hydrogen-bond donors (Lipinski definition) is 0. The highest BCUT2D eigenvalue weighted by Crippen LogP contribution is 2.11. The molecular weight excluding hydrogens is 250 g/mol. The Morgan fingerprint density at radius 3 is 2.22 bits per heavy atom. The number of esters is 1. The standard InChI is InChI=1S/C13H25NO3S/c1-5-7-14(8-6-2)12(15)10-18-9-11(3)13(16)17-4/h11H,5-10H2,1-4H3. The minimum Gasteiger partial charge on any atom is -0.469 e. The predicted octanol–water partition coefficient (Wildman–Crippen LogP) is 2.18. The zero-order valence-corrected chi connectivity index (χ0v) is 12.7. The van der Waals surface area contributed by atoms with Gasteiger partial charge in [-0.15, -0.1) is 0 Å². The first-order valence-corrected chi connectivity index (χ1v) is 7.65. The average Bonchev–Trinajstić information content (AvgIpc) is 2.37. The lowest BCUT2D eigenvalue weighted by atomic mass is 10.2. The molecule has 0 aromatic heterocycles. The lowest BCUT2D eigenvalue weighted by molar-refractivity contribution is -0.144. The Morgan fingerprint density at radius 1 is 1.22 bits per heavy atom. The number of amides is 1. The van der Waals surface area contributed by atoms with Gasteiger partial charge in [0.15, 0.2) is 0 Å². The highest BCUT2D eigenvalue weighted by atomic mass is 32.2. The molecule has 0 aliphatic heterocycles. The van der Waals surface area contributed by atoms with Crippen molar-refractivity contribution in [3.05, 3.63) is 0 Å². The van der Waals surface area contributed by atoms with Gasteiger partial charge >= 0.3 is 5.97 Å². The van der Waals surface area contributed by atoms with E-state index < -0.39 is 0 Å². The van der Waals surface area contributed by atoms with Gasteiger partial charge in [0, 0.05) is 18.8 Å². The van der Waals surface area contributed by atoms with Crippen LogP contribution in [0.4, 0.5) is 0 Å². The first-order valence-electron chi connectivity index (χ1n) is 6.50. The minimum atomic E-state index is -0.214. The van der Waals surface area contributed by atoms with E-state index in [0.29, 0.717) is 11.5 Å². The molecule has 18 heavy (non-hydrogen) atoms. The van der Waals surface area contributed by atoms with Gasteiger partial charge in [0.1, 0.15) is 0 Å². The Bertz CT molecular complexity index is 253. The fourth-order valence-electron chi connectivity index (χ4n) is 1.58. The summed E-state index contributed by atoms with van der Waals surface area (Å²) in [5, 5.41) is 0. The second-order valence-electron chi connectivity index (χ2n) is 4.32. The normalized spacial score (nSPS) is 12.0. The molecule has 1 amide bonds. The topological polar surface area (TPSA) is 46.6 Å². The van der Waals surface area contributed by atoms with E-state index in [2.05, 4.69) is 18.6 Å². The molecule has 0 aliphatic carbocycles. The molecule has 0 bridgehead atoms. The van der Waals surface area contributed by atoms with Gasteiger partial charge in [-0.3, -0.25) is 9.59 Å². The van der Waals surface area contributed by atoms with Crippen LogP contribution in [0.3, 0.4) is 0 Å². The van der Waals surface area contributed by atoms with E-state index in [4.69, 9.17) is 0 Å². The van der Waals surface area contributed by atoms with E-state index in [9.17, 15) is 9.59 Å². The monoisotopic (exact) mass is 275 g/mol. The molecule has 0 heterocycles. The molecule has 106 valence electrons. The smallest absolute Gasteiger partial charge is 0.309 e. The number of thioether (sulfide) groups is 1. The van der Waals surface area contributed by atoms with E-state index in [1.54, 1.807) is 0 Å². The third kappa shape index (κ3) is 6.89. The van der Waals surface area contributed by atoms with Crippen LogP contribution >= 0.6 is 11.8 Å². The molecular formula is C13H25NO3S. The maximum atomic E-state index is 11.9. The van der Waals surface area contributed by atoms with Crippen molar-refractivity contribution in [2.45, 2.75) is 33.6 Å². The summed E-state index contributed by atoms with van der Waals surface area (Å²) >= 11 is 1.50. The summed E-state index contributed by atoms with van der Waals surface area (Å²) in [4.78, 5) is 25.0. The number of ether oxygens (including phenoxy) is 1. The van der Waals surface area contributed by atoms with Crippen LogP contribution in [-0.2, 0) is 14.3 Å². The number of nitrogens with zero attached hydrogens (tertiary/aromatic N) is 1. The largest absolute Gasteiger partial charge is 0.469 e. The fraction of sp³-hybridized carbons (Fsp3) is 0.846. The van der Waals surface area contributed by atoms with Gasteiger partial charge in [0.25, 0.3) is 0 Å². The molecule has 1 atom stereocenters. The molecule has 4 nitrogen and oxygen atoms in total. The van der Waals surface area contributed by atoms with E-state index in [-0.39, 0.29) is 17.8 Å². The fourth-order valence-corrected chi connectivity index (χ4v) is 2.55. The second-order valence-corrected chi connectivity index (χ2v) is 5.35. The van der Waals surface area contributed by atoms with Gasteiger partial charge in [-0.2, -0.15) is 11.8 Å². The SMILES string of the molecule is CCCN(CCC)C(=O)CSCC(C)C(=O)OC. The first-order chi connectivity index (χ1) is 8.56. The first kappa shape index (κ1) is 17.3. The van der Waals surface area contributed by atoms with Crippen molar-refractivity contribution in [1.29, 1.82) is 0 Å². The molecule has 0 aromatic rings. The number of hydrogen-bond acceptors (Lipinski definition) is 4. The van der Waals surface area contributed by atoms with Crippen molar-refractivity contribution in [2.24, 2.45) is 5.92 Å². The van der Waals surface area contributed by atoms with Crippen molar-refractivity contribution >= 4 is 23.6 Å². The molecule has 0 saturated heterocycles. The third-order valence-corrected chi connectivity index (χ3v) is 3.72. The zero-order chi connectivity index (χ0) is 14.0. The highest BCUT2D eigenvalue weighted by Gasteiger charge is 2.16. The predicted molar refractivity (Wildman–Crippen MR) is 75.7 cm³/mol. The Morgan fingerprint density at radius 2 is 1.78 bits per heavy atom. The molecule has 0 spiro atoms. The van der Waals surface area contributed by atoms with Crippen LogP contribution in [0.25, 0.3) is 0 Å². The van der Waals surface area contributed by atoms with Gasteiger partial charge in [0.2, 0.25) is 5.91 Å². The van der Waals surface area contributed by atoms with Crippen LogP contribution in [0.15, 0.2) is 0 Å². The van der Waals surface area contributed by atoms with Gasteiger partial charge in [-0.05, 0) is 12.8 Å². The summed E-state index contributed by atoms with van der Waals surface area (Å²) in [7, 11) is 1.39. The van der Waals surface area contributed by atoms with Gasteiger partial charge in [-0.1, -0.05) is 20.8 Å². The molecule has 0 aliphatic rings. The van der Waals surface area contributed by atoms with Crippen molar-refractivity contribution in [3.63, 3.8) is 0 Å². The molecule has 0 saturated carbocycles. The van der Waals surface area contributed by atoms with Crippen molar-refractivity contribution in [3.8, 4) is 0 Å². The molecule has 0 aromatic carbocycles. The second kappa shape index (κ2) is 10.2. The van der Waals surface area contributed by atoms with E-state index in [0.717, 1.165) is 25.9 Å². The summed E-state index contributed by atoms with van der Waals surface area (Å²) in [6.07, 6.45) is 1.96. The lowest BCUT2D eigenvalue weighted by Gasteiger charge is -2.21. The Labute approximate surface area is 114 Å². The van der Waals surface area contributed by atoms with Crippen LogP contribution in [0.1, 0.15) is 33.6 Å². The Kier molecular flexibility index (Phi) is 9.83. The maximum absolute atomic E-state index is 11.9. The molecule has 1 unspecified atom stereocenters. The van der Waals surface area contributed by atoms with Crippen LogP contribution in [0.5, 0.6) is 0 Å². The molecule has 0 fully saturated rings. The number of carbonyl (C=O) groups is 2. The average molecular weight is 275 g/mol. The highest BCUT2D eigenvalue weighted by molar-refractivity contribution is 7.99. The Balaban J connectivity index is 3.96. The van der Waals surface area contributed by atoms with E-state index in [1.165, 1.54) is 18.9 Å². The summed E-state index contributed by atoms with van der Waals surface area (Å²) in [5.74, 6) is 0.875. The van der Waals surface area contributed by atoms with Crippen molar-refractivity contribution < 1.29 is 14.3 Å². The maximum Gasteiger partial charge on any atom is 0.309 e. The minimum absolute atomic E-state index is 0.154. The number of carbonyl (C=O) groups excluding carboxylic acids is 2. The molecule has 0 N–H and O–H groups in total. The van der Waals surface area contributed by atoms with Crippen LogP contribution in [0, 0.1) is 5.92 Å². The van der Waals surface area contributed by atoms with E-state index >= 15 is 0 Å². The summed E-state index contributed by atoms with van der Waals surface area (Å²) < 4.78 is 4.65. The van der Waals surface area contributed by atoms with Crippen molar-refractivity contribution in [2.75, 3.05) is 31.7 Å². The van der Waals surface area contributed by atoms with Crippen LogP contribution in [-0.4, -0.2) is 48.5 Å². The van der Waals surface area contributed by atoms with Crippen molar-refractivity contribution in [1.82, 2.24) is 4.90 Å². The molecule has 5 heteroatoms. The van der Waals surface area contributed by atoms with Gasteiger partial charge < -0.3 is 9.64 Å². The summed E-state index contributed by atoms with van der Waals surface area (Å²) in [5.41, 5.74) is 0.